The number of nitrogens with zero attached hydrogens (tertiary/aromatic N) is 3. The molecule has 0 aliphatic heterocycles. The molecule has 2 heterocycles. The Labute approximate surface area is 84.1 Å². The smallest absolute Gasteiger partial charge is 0.305 e. The summed E-state index contributed by atoms with van der Waals surface area (Å²) < 4.78 is 4.83. The van der Waals surface area contributed by atoms with Crippen molar-refractivity contribution in [3.8, 4) is 0 Å². The van der Waals surface area contributed by atoms with Crippen molar-refractivity contribution < 1.29 is 14.4 Å². The van der Waals surface area contributed by atoms with Crippen molar-refractivity contribution in [2.75, 3.05) is 11.9 Å². The SMILES string of the molecule is O=C(O)CCNc1ncc2cnoc2n1. The van der Waals surface area contributed by atoms with E-state index in [9.17, 15) is 4.79 Å². The number of nitrogens with one attached hydrogen (secondary N) is 1. The van der Waals surface area contributed by atoms with Crippen molar-refractivity contribution in [2.45, 2.75) is 6.42 Å². The largest absolute Gasteiger partial charge is 0.481 e. The van der Waals surface area contributed by atoms with Gasteiger partial charge in [-0.1, -0.05) is 5.16 Å². The third kappa shape index (κ3) is 2.19. The molecule has 78 valence electrons. The lowest BCUT2D eigenvalue weighted by molar-refractivity contribution is -0.136. The summed E-state index contributed by atoms with van der Waals surface area (Å²) in [5.74, 6) is -0.538. The summed E-state index contributed by atoms with van der Waals surface area (Å²) in [4.78, 5) is 18.2. The quantitative estimate of drug-likeness (QED) is 0.754. The molecule has 15 heavy (non-hydrogen) atoms. The monoisotopic (exact) mass is 208 g/mol. The minimum absolute atomic E-state index is 0.0117. The maximum absolute atomic E-state index is 10.3. The fourth-order valence-corrected chi connectivity index (χ4v) is 1.04. The highest BCUT2D eigenvalue weighted by molar-refractivity contribution is 5.71. The Hall–Kier alpha value is -2.18. The molecule has 0 fully saturated rings. The van der Waals surface area contributed by atoms with E-state index in [1.807, 2.05) is 0 Å². The number of aromatic nitrogens is 3. The van der Waals surface area contributed by atoms with E-state index < -0.39 is 5.97 Å². The maximum atomic E-state index is 10.3. The predicted molar refractivity (Wildman–Crippen MR) is 50.3 cm³/mol. The van der Waals surface area contributed by atoms with Gasteiger partial charge in [-0.05, 0) is 0 Å². The summed E-state index contributed by atoms with van der Waals surface area (Å²) in [6.45, 7) is 0.273. The molecule has 2 N–H and O–H groups in total. The second-order valence-electron chi connectivity index (χ2n) is 2.85. The van der Waals surface area contributed by atoms with Gasteiger partial charge < -0.3 is 14.9 Å². The standard InChI is InChI=1S/C8H8N4O3/c13-6(14)1-2-9-8-10-3-5-4-11-15-7(5)12-8/h3-4H,1-2H2,(H,13,14)(H,9,10,12). The van der Waals surface area contributed by atoms with Gasteiger partial charge in [-0.3, -0.25) is 4.79 Å². The van der Waals surface area contributed by atoms with Crippen LogP contribution in [0.1, 0.15) is 6.42 Å². The zero-order valence-corrected chi connectivity index (χ0v) is 7.67. The Morgan fingerprint density at radius 3 is 3.20 bits per heavy atom. The van der Waals surface area contributed by atoms with E-state index in [1.54, 1.807) is 6.20 Å². The molecule has 0 spiro atoms. The molecular weight excluding hydrogens is 200 g/mol. The van der Waals surface area contributed by atoms with Gasteiger partial charge in [0.25, 0.3) is 5.71 Å². The Morgan fingerprint density at radius 2 is 2.40 bits per heavy atom. The normalized spacial score (nSPS) is 10.4. The van der Waals surface area contributed by atoms with E-state index in [-0.39, 0.29) is 13.0 Å². The number of rotatable bonds is 4. The molecule has 2 rings (SSSR count). The molecule has 0 aliphatic rings. The molecule has 0 aliphatic carbocycles. The fourth-order valence-electron chi connectivity index (χ4n) is 1.04. The third-order valence-electron chi connectivity index (χ3n) is 1.73. The lowest BCUT2D eigenvalue weighted by Crippen LogP contribution is -2.09. The van der Waals surface area contributed by atoms with Crippen LogP contribution >= 0.6 is 0 Å². The second-order valence-corrected chi connectivity index (χ2v) is 2.85. The van der Waals surface area contributed by atoms with Crippen LogP contribution in [0.15, 0.2) is 16.9 Å². The summed E-state index contributed by atoms with van der Waals surface area (Å²) in [7, 11) is 0. The molecule has 0 saturated carbocycles. The van der Waals surface area contributed by atoms with Crippen molar-refractivity contribution in [2.24, 2.45) is 0 Å². The van der Waals surface area contributed by atoms with Crippen LogP contribution < -0.4 is 5.32 Å². The fraction of sp³-hybridized carbons (Fsp3) is 0.250. The lowest BCUT2D eigenvalue weighted by Gasteiger charge is -2.00. The molecule has 0 saturated heterocycles. The minimum atomic E-state index is -0.872. The number of carboxylic acid groups (broad SMARTS) is 1. The number of fused-ring (bicyclic) bond motifs is 1. The Morgan fingerprint density at radius 1 is 1.53 bits per heavy atom. The molecule has 2 aromatic heterocycles. The van der Waals surface area contributed by atoms with Crippen molar-refractivity contribution in [3.05, 3.63) is 12.4 Å². The van der Waals surface area contributed by atoms with Gasteiger partial charge in [0.05, 0.1) is 18.0 Å². The summed E-state index contributed by atoms with van der Waals surface area (Å²) in [6.07, 6.45) is 3.08. The first-order valence-electron chi connectivity index (χ1n) is 4.29. The van der Waals surface area contributed by atoms with Crippen LogP contribution in [0.4, 0.5) is 5.95 Å². The molecule has 0 aromatic carbocycles. The molecular formula is C8H8N4O3. The first-order chi connectivity index (χ1) is 7.25. The molecule has 7 heteroatoms. The second kappa shape index (κ2) is 3.91. The number of aliphatic carboxylic acids is 1. The van der Waals surface area contributed by atoms with E-state index in [4.69, 9.17) is 9.63 Å². The van der Waals surface area contributed by atoms with E-state index in [0.29, 0.717) is 17.0 Å². The first kappa shape index (κ1) is 9.38. The summed E-state index contributed by atoms with van der Waals surface area (Å²) in [5.41, 5.74) is 0.378. The van der Waals surface area contributed by atoms with Crippen LogP contribution in [0, 0.1) is 0 Å². The lowest BCUT2D eigenvalue weighted by atomic mass is 10.4. The highest BCUT2D eigenvalue weighted by Gasteiger charge is 2.03. The molecule has 0 bridgehead atoms. The van der Waals surface area contributed by atoms with Gasteiger partial charge in [0, 0.05) is 12.7 Å². The number of carbonyl (C=O) groups is 1. The van der Waals surface area contributed by atoms with Crippen LogP contribution in [0.25, 0.3) is 11.1 Å². The molecule has 0 amide bonds. The Kier molecular flexibility index (Phi) is 2.44. The number of hydrogen-bond acceptors (Lipinski definition) is 6. The van der Waals surface area contributed by atoms with Gasteiger partial charge >= 0.3 is 5.97 Å². The van der Waals surface area contributed by atoms with E-state index >= 15 is 0 Å². The van der Waals surface area contributed by atoms with Crippen LogP contribution in [0.2, 0.25) is 0 Å². The van der Waals surface area contributed by atoms with Gasteiger partial charge in [0.1, 0.15) is 0 Å². The molecule has 2 aromatic rings. The van der Waals surface area contributed by atoms with E-state index in [2.05, 4.69) is 20.4 Å². The Bertz CT molecular complexity index is 481. The van der Waals surface area contributed by atoms with Crippen LogP contribution in [-0.4, -0.2) is 32.7 Å². The van der Waals surface area contributed by atoms with Gasteiger partial charge in [0.15, 0.2) is 0 Å². The highest BCUT2D eigenvalue weighted by atomic mass is 16.5. The molecule has 7 nitrogen and oxygen atoms in total. The molecule has 0 unspecified atom stereocenters. The number of hydrogen-bond donors (Lipinski definition) is 2. The zero-order valence-electron chi connectivity index (χ0n) is 7.67. The van der Waals surface area contributed by atoms with Crippen LogP contribution in [0.5, 0.6) is 0 Å². The molecule has 0 atom stereocenters. The third-order valence-corrected chi connectivity index (χ3v) is 1.73. The highest BCUT2D eigenvalue weighted by Crippen LogP contribution is 2.10. The number of anilines is 1. The van der Waals surface area contributed by atoms with Crippen LogP contribution in [-0.2, 0) is 4.79 Å². The molecule has 0 radical (unpaired) electrons. The van der Waals surface area contributed by atoms with Crippen molar-refractivity contribution in [1.29, 1.82) is 0 Å². The summed E-state index contributed by atoms with van der Waals surface area (Å²) >= 11 is 0. The average Bonchev–Trinajstić information content (AvgIpc) is 2.64. The first-order valence-corrected chi connectivity index (χ1v) is 4.29. The van der Waals surface area contributed by atoms with Crippen LogP contribution in [0.3, 0.4) is 0 Å². The summed E-state index contributed by atoms with van der Waals surface area (Å²) in [6, 6.07) is 0. The van der Waals surface area contributed by atoms with Crippen molar-refractivity contribution in [3.63, 3.8) is 0 Å². The predicted octanol–water partition coefficient (Wildman–Crippen LogP) is 0.504. The Balaban J connectivity index is 2.04. The van der Waals surface area contributed by atoms with Gasteiger partial charge in [-0.2, -0.15) is 4.98 Å². The van der Waals surface area contributed by atoms with Crippen molar-refractivity contribution >= 4 is 23.0 Å². The summed E-state index contributed by atoms with van der Waals surface area (Å²) in [5, 5.41) is 15.4. The topological polar surface area (TPSA) is 101 Å². The van der Waals surface area contributed by atoms with Crippen molar-refractivity contribution in [1.82, 2.24) is 15.1 Å². The van der Waals surface area contributed by atoms with E-state index in [0.717, 1.165) is 0 Å². The van der Waals surface area contributed by atoms with Gasteiger partial charge in [-0.25, -0.2) is 4.98 Å². The van der Waals surface area contributed by atoms with Gasteiger partial charge in [0.2, 0.25) is 5.95 Å². The van der Waals surface area contributed by atoms with E-state index in [1.165, 1.54) is 6.20 Å². The zero-order chi connectivity index (χ0) is 10.7. The maximum Gasteiger partial charge on any atom is 0.305 e. The average molecular weight is 208 g/mol. The minimum Gasteiger partial charge on any atom is -0.481 e. The number of carboxylic acids is 1. The van der Waals surface area contributed by atoms with Gasteiger partial charge in [-0.15, -0.1) is 0 Å².